The average molecular weight is 348 g/mol. The molecule has 0 unspecified atom stereocenters. The van der Waals surface area contributed by atoms with Crippen LogP contribution in [0.5, 0.6) is 0 Å². The van der Waals surface area contributed by atoms with Crippen molar-refractivity contribution >= 4 is 18.3 Å². The second kappa shape index (κ2) is 6.59. The van der Waals surface area contributed by atoms with Crippen molar-refractivity contribution in [2.75, 3.05) is 5.32 Å². The van der Waals surface area contributed by atoms with E-state index in [9.17, 15) is 5.02 Å². The third-order valence-electron chi connectivity index (χ3n) is 4.61. The first-order chi connectivity index (χ1) is 12.5. The number of nitrogens with one attached hydrogen (secondary N) is 2. The van der Waals surface area contributed by atoms with Crippen molar-refractivity contribution in [1.82, 2.24) is 15.2 Å². The summed E-state index contributed by atoms with van der Waals surface area (Å²) in [6.07, 6.45) is 6.16. The van der Waals surface area contributed by atoms with E-state index in [1.54, 1.807) is 6.20 Å². The van der Waals surface area contributed by atoms with Gasteiger partial charge in [0, 0.05) is 35.8 Å². The summed E-state index contributed by atoms with van der Waals surface area (Å²) < 4.78 is 5.69. The number of benzene rings is 1. The van der Waals surface area contributed by atoms with Crippen LogP contribution in [0.1, 0.15) is 25.0 Å². The van der Waals surface area contributed by atoms with Crippen molar-refractivity contribution in [3.63, 3.8) is 0 Å². The molecule has 0 atom stereocenters. The average Bonchev–Trinajstić information content (AvgIpc) is 3.09. The molecule has 0 amide bonds. The van der Waals surface area contributed by atoms with Crippen molar-refractivity contribution in [3.05, 3.63) is 60.0 Å². The monoisotopic (exact) mass is 348 g/mol. The van der Waals surface area contributed by atoms with Gasteiger partial charge in [-0.2, -0.15) is 5.10 Å². The maximum absolute atomic E-state index is 10.3. The van der Waals surface area contributed by atoms with Gasteiger partial charge in [0.25, 0.3) is 0 Å². The minimum atomic E-state index is -0.893. The predicted molar refractivity (Wildman–Crippen MR) is 102 cm³/mol. The van der Waals surface area contributed by atoms with Crippen LogP contribution in [0, 0.1) is 0 Å². The summed E-state index contributed by atoms with van der Waals surface area (Å²) in [6.45, 7) is 4.59. The molecule has 0 saturated carbocycles. The number of nitrogens with zero attached hydrogens (tertiary/aromatic N) is 2. The first kappa shape index (κ1) is 16.8. The molecule has 0 saturated heterocycles. The van der Waals surface area contributed by atoms with Crippen LogP contribution in [0.15, 0.2) is 48.9 Å². The molecule has 1 aliphatic heterocycles. The highest BCUT2D eigenvalue weighted by atomic mass is 16.5. The van der Waals surface area contributed by atoms with E-state index in [0.29, 0.717) is 6.54 Å². The van der Waals surface area contributed by atoms with E-state index in [0.717, 1.165) is 40.0 Å². The lowest BCUT2D eigenvalue weighted by molar-refractivity contribution is 0.0820. The Morgan fingerprint density at radius 1 is 1.31 bits per heavy atom. The van der Waals surface area contributed by atoms with Gasteiger partial charge in [0.1, 0.15) is 0 Å². The van der Waals surface area contributed by atoms with Crippen LogP contribution >= 0.6 is 0 Å². The van der Waals surface area contributed by atoms with Crippen LogP contribution in [0.2, 0.25) is 0 Å². The van der Waals surface area contributed by atoms with Crippen LogP contribution in [-0.2, 0) is 17.6 Å². The first-order valence-electron chi connectivity index (χ1n) is 8.67. The lowest BCUT2D eigenvalue weighted by Gasteiger charge is -2.34. The van der Waals surface area contributed by atoms with E-state index in [4.69, 9.17) is 4.65 Å². The van der Waals surface area contributed by atoms with Gasteiger partial charge in [-0.15, -0.1) is 0 Å². The molecule has 6 nitrogen and oxygen atoms in total. The lowest BCUT2D eigenvalue weighted by Crippen LogP contribution is -2.50. The molecule has 2 aromatic heterocycles. The maximum atomic E-state index is 10.3. The van der Waals surface area contributed by atoms with Gasteiger partial charge in [0.05, 0.1) is 17.5 Å². The Balaban J connectivity index is 1.52. The smallest absolute Gasteiger partial charge is 0.423 e. The summed E-state index contributed by atoms with van der Waals surface area (Å²) in [6, 6.07) is 9.95. The Hall–Kier alpha value is -2.64. The number of aromatic nitrogens is 3. The number of aromatic amines is 1. The summed E-state index contributed by atoms with van der Waals surface area (Å²) in [5, 5.41) is 20.9. The van der Waals surface area contributed by atoms with Gasteiger partial charge in [-0.25, -0.2) is 0 Å². The summed E-state index contributed by atoms with van der Waals surface area (Å²) in [5.41, 5.74) is 5.54. The SMILES string of the molecule is CC1(C)Cc2ccc(NCc3cn[nH]c3-c3cccnc3)cc2B(O)O1. The van der Waals surface area contributed by atoms with Gasteiger partial charge < -0.3 is 15.0 Å². The predicted octanol–water partition coefficient (Wildman–Crippen LogP) is 2.12. The van der Waals surface area contributed by atoms with Crippen molar-refractivity contribution in [2.24, 2.45) is 0 Å². The molecule has 1 aromatic carbocycles. The first-order valence-corrected chi connectivity index (χ1v) is 8.67. The fourth-order valence-electron chi connectivity index (χ4n) is 3.36. The van der Waals surface area contributed by atoms with Gasteiger partial charge in [0.15, 0.2) is 0 Å². The zero-order valence-electron chi connectivity index (χ0n) is 14.9. The third kappa shape index (κ3) is 3.36. The minimum Gasteiger partial charge on any atom is -0.423 e. The molecule has 0 spiro atoms. The van der Waals surface area contributed by atoms with Crippen LogP contribution < -0.4 is 10.8 Å². The van der Waals surface area contributed by atoms with Crippen LogP contribution in [0.25, 0.3) is 11.3 Å². The standard InChI is InChI=1S/C19H21BN4O2/c1-19(2)9-13-5-6-16(8-17(13)20(25)26-19)22-11-15-12-23-24-18(15)14-4-3-7-21-10-14/h3-8,10,12,22,25H,9,11H2,1-2H3,(H,23,24). The largest absolute Gasteiger partial charge is 0.491 e. The Morgan fingerprint density at radius 3 is 3.00 bits per heavy atom. The number of rotatable bonds is 4. The lowest BCUT2D eigenvalue weighted by atomic mass is 9.70. The summed E-state index contributed by atoms with van der Waals surface area (Å²) in [5.74, 6) is 0. The molecule has 0 fully saturated rings. The molecule has 7 heteroatoms. The highest BCUT2D eigenvalue weighted by Gasteiger charge is 2.35. The zero-order chi connectivity index (χ0) is 18.1. The summed E-state index contributed by atoms with van der Waals surface area (Å²) in [4.78, 5) is 4.16. The van der Waals surface area contributed by atoms with E-state index in [1.807, 2.05) is 50.5 Å². The second-order valence-electron chi connectivity index (χ2n) is 7.19. The zero-order valence-corrected chi connectivity index (χ0v) is 14.9. The fraction of sp³-hybridized carbons (Fsp3) is 0.263. The molecule has 26 heavy (non-hydrogen) atoms. The van der Waals surface area contributed by atoms with E-state index in [2.05, 4.69) is 26.6 Å². The molecule has 3 aromatic rings. The molecular formula is C19H21BN4O2. The van der Waals surface area contributed by atoms with E-state index >= 15 is 0 Å². The summed E-state index contributed by atoms with van der Waals surface area (Å²) in [7, 11) is -0.893. The maximum Gasteiger partial charge on any atom is 0.491 e. The van der Waals surface area contributed by atoms with Crippen LogP contribution in [0.4, 0.5) is 5.69 Å². The number of pyridine rings is 1. The quantitative estimate of drug-likeness (QED) is 0.629. The molecule has 1 aliphatic rings. The van der Waals surface area contributed by atoms with Crippen molar-refractivity contribution in [1.29, 1.82) is 0 Å². The highest BCUT2D eigenvalue weighted by Crippen LogP contribution is 2.24. The number of fused-ring (bicyclic) bond motifs is 1. The Bertz CT molecular complexity index is 911. The molecular weight excluding hydrogens is 327 g/mol. The Morgan fingerprint density at radius 2 is 2.19 bits per heavy atom. The number of H-pyrrole nitrogens is 1. The summed E-state index contributed by atoms with van der Waals surface area (Å²) >= 11 is 0. The highest BCUT2D eigenvalue weighted by molar-refractivity contribution is 6.61. The van der Waals surface area contributed by atoms with E-state index in [1.165, 1.54) is 0 Å². The number of hydrogen-bond donors (Lipinski definition) is 3. The third-order valence-corrected chi connectivity index (χ3v) is 4.61. The van der Waals surface area contributed by atoms with Crippen LogP contribution in [0.3, 0.4) is 0 Å². The van der Waals surface area contributed by atoms with E-state index < -0.39 is 7.12 Å². The van der Waals surface area contributed by atoms with Crippen LogP contribution in [-0.4, -0.2) is 32.9 Å². The molecule has 3 N–H and O–H groups in total. The van der Waals surface area contributed by atoms with E-state index in [-0.39, 0.29) is 5.60 Å². The molecule has 132 valence electrons. The van der Waals surface area contributed by atoms with Crippen molar-refractivity contribution in [2.45, 2.75) is 32.4 Å². The molecule has 0 aliphatic carbocycles. The fourth-order valence-corrected chi connectivity index (χ4v) is 3.36. The van der Waals surface area contributed by atoms with Gasteiger partial charge in [-0.05, 0) is 55.6 Å². The molecule has 3 heterocycles. The van der Waals surface area contributed by atoms with Crippen molar-refractivity contribution < 1.29 is 9.68 Å². The molecule has 0 radical (unpaired) electrons. The normalized spacial score (nSPS) is 15.6. The van der Waals surface area contributed by atoms with Gasteiger partial charge in [-0.3, -0.25) is 10.1 Å². The molecule has 4 rings (SSSR count). The van der Waals surface area contributed by atoms with Gasteiger partial charge in [-0.1, -0.05) is 6.07 Å². The number of anilines is 1. The van der Waals surface area contributed by atoms with Crippen molar-refractivity contribution in [3.8, 4) is 11.3 Å². The minimum absolute atomic E-state index is 0.350. The van der Waals surface area contributed by atoms with Gasteiger partial charge in [0.2, 0.25) is 0 Å². The Kier molecular flexibility index (Phi) is 4.26. The topological polar surface area (TPSA) is 83.1 Å². The molecule has 0 bridgehead atoms. The number of hydrogen-bond acceptors (Lipinski definition) is 5. The Labute approximate surface area is 152 Å². The van der Waals surface area contributed by atoms with Gasteiger partial charge >= 0.3 is 7.12 Å². The second-order valence-corrected chi connectivity index (χ2v) is 7.19.